The highest BCUT2D eigenvalue weighted by Crippen LogP contribution is 2.25. The lowest BCUT2D eigenvalue weighted by molar-refractivity contribution is 0.198. The van der Waals surface area contributed by atoms with Crippen LogP contribution in [0.1, 0.15) is 30.9 Å². The van der Waals surface area contributed by atoms with Crippen LogP contribution in [0.15, 0.2) is 12.5 Å². The molecule has 0 saturated carbocycles. The molecule has 134 valence electrons. The van der Waals surface area contributed by atoms with Gasteiger partial charge in [0.05, 0.1) is 12.0 Å². The molecule has 7 heteroatoms. The van der Waals surface area contributed by atoms with Crippen molar-refractivity contribution >= 4 is 6.03 Å². The van der Waals surface area contributed by atoms with Gasteiger partial charge in [0.25, 0.3) is 0 Å². The fourth-order valence-electron chi connectivity index (χ4n) is 3.78. The maximum absolute atomic E-state index is 12.4. The molecule has 0 radical (unpaired) electrons. The Morgan fingerprint density at radius 3 is 2.75 bits per heavy atom. The summed E-state index contributed by atoms with van der Waals surface area (Å²) in [5, 5.41) is 3.07. The van der Waals surface area contributed by atoms with Crippen molar-refractivity contribution in [2.45, 2.75) is 31.2 Å². The van der Waals surface area contributed by atoms with E-state index in [-0.39, 0.29) is 18.0 Å². The Morgan fingerprint density at radius 1 is 1.33 bits per heavy atom. The van der Waals surface area contributed by atoms with E-state index in [2.05, 4.69) is 22.2 Å². The van der Waals surface area contributed by atoms with Gasteiger partial charge < -0.3 is 25.4 Å². The summed E-state index contributed by atoms with van der Waals surface area (Å²) in [6.07, 6.45) is 7.33. The van der Waals surface area contributed by atoms with Gasteiger partial charge in [-0.1, -0.05) is 0 Å². The van der Waals surface area contributed by atoms with E-state index in [4.69, 9.17) is 5.73 Å². The first-order valence-electron chi connectivity index (χ1n) is 8.97. The predicted octanol–water partition coefficient (Wildman–Crippen LogP) is 0.588. The van der Waals surface area contributed by atoms with Gasteiger partial charge >= 0.3 is 6.03 Å². The van der Waals surface area contributed by atoms with Crippen LogP contribution in [0.2, 0.25) is 0 Å². The van der Waals surface area contributed by atoms with E-state index in [1.165, 1.54) is 25.9 Å². The predicted molar refractivity (Wildman–Crippen MR) is 93.7 cm³/mol. The summed E-state index contributed by atoms with van der Waals surface area (Å²) in [5.74, 6) is 0.870. The Labute approximate surface area is 144 Å². The number of hydrogen-bond donors (Lipinski definition) is 2. The zero-order chi connectivity index (χ0) is 17.1. The number of urea groups is 1. The summed E-state index contributed by atoms with van der Waals surface area (Å²) >= 11 is 0. The number of nitrogens with one attached hydrogen (secondary N) is 1. The van der Waals surface area contributed by atoms with Crippen molar-refractivity contribution in [2.24, 2.45) is 18.7 Å². The monoisotopic (exact) mass is 334 g/mol. The van der Waals surface area contributed by atoms with Gasteiger partial charge in [-0.15, -0.1) is 0 Å². The third-order valence-electron chi connectivity index (χ3n) is 5.42. The normalized spacial score (nSPS) is 26.0. The number of rotatable bonds is 4. The first-order valence-corrected chi connectivity index (χ1v) is 8.97. The second-order valence-electron chi connectivity index (χ2n) is 7.41. The number of aromatic nitrogens is 2. The molecule has 0 spiro atoms. The topological polar surface area (TPSA) is 79.4 Å². The molecule has 0 bridgehead atoms. The molecule has 2 amide bonds. The molecule has 2 atom stereocenters. The number of nitrogens with two attached hydrogens (primary N) is 1. The second-order valence-corrected chi connectivity index (χ2v) is 7.41. The van der Waals surface area contributed by atoms with E-state index >= 15 is 0 Å². The molecule has 0 aromatic carbocycles. The Balaban J connectivity index is 1.42. The molecular weight excluding hydrogens is 304 g/mol. The maximum Gasteiger partial charge on any atom is 0.317 e. The molecule has 2 aliphatic rings. The number of likely N-dealkylation sites (tertiary alicyclic amines) is 2. The van der Waals surface area contributed by atoms with Gasteiger partial charge in [0.1, 0.15) is 0 Å². The van der Waals surface area contributed by atoms with Gasteiger partial charge in [-0.3, -0.25) is 0 Å². The van der Waals surface area contributed by atoms with Crippen LogP contribution in [-0.4, -0.2) is 71.2 Å². The van der Waals surface area contributed by atoms with Crippen molar-refractivity contribution in [3.8, 4) is 0 Å². The highest BCUT2D eigenvalue weighted by Gasteiger charge is 2.35. The fourth-order valence-corrected chi connectivity index (χ4v) is 3.78. The molecule has 1 aromatic heterocycles. The molecule has 3 rings (SSSR count). The molecule has 7 nitrogen and oxygen atoms in total. The van der Waals surface area contributed by atoms with Crippen LogP contribution in [0.4, 0.5) is 4.79 Å². The zero-order valence-corrected chi connectivity index (χ0v) is 14.8. The molecule has 2 saturated heterocycles. The van der Waals surface area contributed by atoms with Crippen LogP contribution >= 0.6 is 0 Å². The van der Waals surface area contributed by atoms with Crippen molar-refractivity contribution in [1.29, 1.82) is 0 Å². The lowest BCUT2D eigenvalue weighted by Gasteiger charge is -2.29. The number of carbonyl (C=O) groups is 1. The SMILES string of the molecule is CN1CCC(CCNC(=O)N2C[C@@H](N)[C@H](c3cn(C)cn3)C2)CC1. The third-order valence-corrected chi connectivity index (χ3v) is 5.42. The minimum atomic E-state index is -0.0421. The quantitative estimate of drug-likeness (QED) is 0.844. The summed E-state index contributed by atoms with van der Waals surface area (Å²) in [6, 6.07) is -0.0312. The van der Waals surface area contributed by atoms with Crippen LogP contribution in [0.25, 0.3) is 0 Å². The third kappa shape index (κ3) is 4.08. The maximum atomic E-state index is 12.4. The van der Waals surface area contributed by atoms with Crippen molar-refractivity contribution < 1.29 is 4.79 Å². The van der Waals surface area contributed by atoms with E-state index < -0.39 is 0 Å². The number of imidazole rings is 1. The second kappa shape index (κ2) is 7.53. The molecule has 2 aliphatic heterocycles. The van der Waals surface area contributed by atoms with E-state index in [0.29, 0.717) is 13.1 Å². The van der Waals surface area contributed by atoms with Gasteiger partial charge in [-0.05, 0) is 45.3 Å². The van der Waals surface area contributed by atoms with E-state index in [0.717, 1.165) is 24.6 Å². The molecular formula is C17H30N6O. The Bertz CT molecular complexity index is 551. The van der Waals surface area contributed by atoms with Gasteiger partial charge in [0.15, 0.2) is 0 Å². The van der Waals surface area contributed by atoms with Crippen LogP contribution in [0.5, 0.6) is 0 Å². The van der Waals surface area contributed by atoms with Gasteiger partial charge in [0.2, 0.25) is 0 Å². The number of piperidine rings is 1. The highest BCUT2D eigenvalue weighted by molar-refractivity contribution is 5.74. The lowest BCUT2D eigenvalue weighted by Crippen LogP contribution is -2.41. The molecule has 1 aromatic rings. The van der Waals surface area contributed by atoms with E-state index in [1.807, 2.05) is 22.7 Å². The number of carbonyl (C=O) groups excluding carboxylic acids is 1. The Morgan fingerprint density at radius 2 is 2.08 bits per heavy atom. The fraction of sp³-hybridized carbons (Fsp3) is 0.765. The van der Waals surface area contributed by atoms with Gasteiger partial charge in [-0.25, -0.2) is 9.78 Å². The standard InChI is InChI=1S/C17H30N6O/c1-21-7-4-13(5-8-21)3-6-19-17(24)23-9-14(15(18)10-23)16-11-22(2)12-20-16/h11-15H,3-10,18H2,1-2H3,(H,19,24)/t14-,15-/m1/s1. The summed E-state index contributed by atoms with van der Waals surface area (Å²) in [5.41, 5.74) is 7.21. The van der Waals surface area contributed by atoms with Crippen molar-refractivity contribution in [3.63, 3.8) is 0 Å². The van der Waals surface area contributed by atoms with Gasteiger partial charge in [0, 0.05) is 44.8 Å². The molecule has 3 heterocycles. The molecule has 2 fully saturated rings. The zero-order valence-electron chi connectivity index (χ0n) is 14.8. The van der Waals surface area contributed by atoms with Gasteiger partial charge in [-0.2, -0.15) is 0 Å². The highest BCUT2D eigenvalue weighted by atomic mass is 16.2. The molecule has 3 N–H and O–H groups in total. The minimum absolute atomic E-state index is 0.0109. The summed E-state index contributed by atoms with van der Waals surface area (Å²) in [4.78, 5) is 21.0. The van der Waals surface area contributed by atoms with E-state index in [1.54, 1.807) is 6.33 Å². The van der Waals surface area contributed by atoms with Crippen molar-refractivity contribution in [2.75, 3.05) is 39.8 Å². The molecule has 24 heavy (non-hydrogen) atoms. The number of hydrogen-bond acceptors (Lipinski definition) is 4. The number of aryl methyl sites for hydroxylation is 1. The lowest BCUT2D eigenvalue weighted by atomic mass is 9.94. The van der Waals surface area contributed by atoms with Crippen molar-refractivity contribution in [1.82, 2.24) is 24.7 Å². The summed E-state index contributed by atoms with van der Waals surface area (Å²) in [6.45, 7) is 4.35. The van der Waals surface area contributed by atoms with Crippen LogP contribution in [0, 0.1) is 5.92 Å². The number of amides is 2. The smallest absolute Gasteiger partial charge is 0.317 e. The van der Waals surface area contributed by atoms with E-state index in [9.17, 15) is 4.79 Å². The largest absolute Gasteiger partial charge is 0.340 e. The number of nitrogens with zero attached hydrogens (tertiary/aromatic N) is 4. The Kier molecular flexibility index (Phi) is 5.40. The minimum Gasteiger partial charge on any atom is -0.340 e. The first-order chi connectivity index (χ1) is 11.5. The van der Waals surface area contributed by atoms with Crippen LogP contribution in [0.3, 0.4) is 0 Å². The Hall–Kier alpha value is -1.60. The summed E-state index contributed by atoms with van der Waals surface area (Å²) < 4.78 is 1.92. The van der Waals surface area contributed by atoms with Crippen LogP contribution in [-0.2, 0) is 7.05 Å². The molecule has 0 unspecified atom stereocenters. The summed E-state index contributed by atoms with van der Waals surface area (Å²) in [7, 11) is 4.12. The average Bonchev–Trinajstić information content (AvgIpc) is 3.15. The first kappa shape index (κ1) is 17.2. The van der Waals surface area contributed by atoms with Crippen molar-refractivity contribution in [3.05, 3.63) is 18.2 Å². The average molecular weight is 334 g/mol. The molecule has 0 aliphatic carbocycles. The van der Waals surface area contributed by atoms with Crippen LogP contribution < -0.4 is 11.1 Å².